The van der Waals surface area contributed by atoms with Crippen LogP contribution in [0.5, 0.6) is 5.75 Å². The van der Waals surface area contributed by atoms with Crippen molar-refractivity contribution in [2.24, 2.45) is 11.8 Å². The quantitative estimate of drug-likeness (QED) is 0.796. The van der Waals surface area contributed by atoms with E-state index in [-0.39, 0.29) is 17.3 Å². The highest BCUT2D eigenvalue weighted by Gasteiger charge is 2.59. The lowest BCUT2D eigenvalue weighted by Gasteiger charge is -2.29. The van der Waals surface area contributed by atoms with E-state index in [4.69, 9.17) is 16.3 Å². The van der Waals surface area contributed by atoms with Crippen LogP contribution in [0.25, 0.3) is 0 Å². The van der Waals surface area contributed by atoms with Crippen molar-refractivity contribution in [3.8, 4) is 5.75 Å². The smallest absolute Gasteiger partial charge is 0.223 e. The zero-order valence-corrected chi connectivity index (χ0v) is 11.9. The summed E-state index contributed by atoms with van der Waals surface area (Å²) in [6.07, 6.45) is 0.626. The molecule has 0 N–H and O–H groups in total. The Balaban J connectivity index is 1.73. The second kappa shape index (κ2) is 4.71. The van der Waals surface area contributed by atoms with E-state index >= 15 is 0 Å². The van der Waals surface area contributed by atoms with Gasteiger partial charge in [-0.25, -0.2) is 0 Å². The number of ether oxygens (including phenoxy) is 1. The first-order chi connectivity index (χ1) is 9.11. The van der Waals surface area contributed by atoms with Crippen LogP contribution in [0.2, 0.25) is 0 Å². The number of fused-ring (bicyclic) bond motifs is 1. The minimum Gasteiger partial charge on any atom is -0.497 e. The van der Waals surface area contributed by atoms with E-state index in [9.17, 15) is 4.79 Å². The zero-order valence-electron chi connectivity index (χ0n) is 11.2. The maximum absolute atomic E-state index is 12.2. The van der Waals surface area contributed by atoms with Gasteiger partial charge in [-0.1, -0.05) is 19.1 Å². The van der Waals surface area contributed by atoms with Crippen LogP contribution in [-0.4, -0.2) is 29.3 Å². The van der Waals surface area contributed by atoms with Crippen LogP contribution in [0, 0.1) is 11.8 Å². The predicted molar refractivity (Wildman–Crippen MR) is 74.2 cm³/mol. The Morgan fingerprint density at radius 2 is 2.05 bits per heavy atom. The van der Waals surface area contributed by atoms with Crippen LogP contribution in [0.15, 0.2) is 24.3 Å². The van der Waals surface area contributed by atoms with Gasteiger partial charge in [0, 0.05) is 18.9 Å². The molecule has 1 aliphatic heterocycles. The number of piperidine rings is 1. The van der Waals surface area contributed by atoms with E-state index in [1.165, 1.54) is 0 Å². The fourth-order valence-corrected chi connectivity index (χ4v) is 3.74. The lowest BCUT2D eigenvalue weighted by atomic mass is 9.97. The number of methoxy groups -OCH3 is 1. The van der Waals surface area contributed by atoms with Crippen LogP contribution in [0.1, 0.15) is 18.9 Å². The first-order valence-electron chi connectivity index (χ1n) is 6.68. The summed E-state index contributed by atoms with van der Waals surface area (Å²) in [5, 5.41) is 0.139. The summed E-state index contributed by atoms with van der Waals surface area (Å²) < 4.78 is 5.14. The SMILES string of the molecule is COc1ccc(CN2C(=O)C[C@H](C)[C@H]3[C@@H](Cl)[C@H]32)cc1. The number of amides is 1. The molecule has 4 heteroatoms. The van der Waals surface area contributed by atoms with E-state index in [0.717, 1.165) is 11.3 Å². The van der Waals surface area contributed by atoms with Crippen LogP contribution >= 0.6 is 11.6 Å². The molecule has 1 heterocycles. The Labute approximate surface area is 118 Å². The Bertz CT molecular complexity index is 487. The van der Waals surface area contributed by atoms with Crippen molar-refractivity contribution >= 4 is 17.5 Å². The standard InChI is InChI=1S/C15H18ClNO2/c1-9-7-12(18)17(15-13(9)14(15)16)8-10-3-5-11(19-2)6-4-10/h3-6,9,13-15H,7-8H2,1-2H3/t9-,13-,14+,15-/m0/s1. The number of carbonyl (C=O) groups excluding carboxylic acids is 1. The summed E-state index contributed by atoms with van der Waals surface area (Å²) in [6.45, 7) is 2.78. The van der Waals surface area contributed by atoms with Gasteiger partial charge in [0.05, 0.1) is 18.5 Å². The lowest BCUT2D eigenvalue weighted by Crippen LogP contribution is -2.39. The zero-order chi connectivity index (χ0) is 13.6. The molecule has 0 bridgehead atoms. The molecule has 1 aromatic rings. The van der Waals surface area contributed by atoms with Gasteiger partial charge in [-0.2, -0.15) is 0 Å². The number of carbonyl (C=O) groups is 1. The second-order valence-corrected chi connectivity index (χ2v) is 6.07. The molecule has 102 valence electrons. The number of halogens is 1. The molecular formula is C15H18ClNO2. The van der Waals surface area contributed by atoms with Gasteiger partial charge in [0.15, 0.2) is 0 Å². The molecule has 0 spiro atoms. The summed E-state index contributed by atoms with van der Waals surface area (Å²) >= 11 is 6.31. The fraction of sp³-hybridized carbons (Fsp3) is 0.533. The number of alkyl halides is 1. The summed E-state index contributed by atoms with van der Waals surface area (Å²) in [6, 6.07) is 8.10. The summed E-state index contributed by atoms with van der Waals surface area (Å²) in [7, 11) is 1.65. The van der Waals surface area contributed by atoms with E-state index < -0.39 is 0 Å². The van der Waals surface area contributed by atoms with E-state index in [2.05, 4.69) is 6.92 Å². The molecule has 2 aliphatic rings. The number of benzene rings is 1. The van der Waals surface area contributed by atoms with Gasteiger partial charge in [0.1, 0.15) is 5.75 Å². The average molecular weight is 280 g/mol. The van der Waals surface area contributed by atoms with Crippen molar-refractivity contribution in [3.63, 3.8) is 0 Å². The van der Waals surface area contributed by atoms with Crippen molar-refractivity contribution in [1.82, 2.24) is 4.90 Å². The summed E-state index contributed by atoms with van der Waals surface area (Å²) in [5.74, 6) is 1.97. The third-order valence-electron chi connectivity index (χ3n) is 4.29. The van der Waals surface area contributed by atoms with E-state index in [1.807, 2.05) is 29.2 Å². The van der Waals surface area contributed by atoms with Gasteiger partial charge in [0.2, 0.25) is 5.91 Å². The van der Waals surface area contributed by atoms with Crippen LogP contribution in [-0.2, 0) is 11.3 Å². The van der Waals surface area contributed by atoms with Crippen molar-refractivity contribution in [2.75, 3.05) is 7.11 Å². The first kappa shape index (κ1) is 12.8. The average Bonchev–Trinajstić information content (AvgIpc) is 3.07. The predicted octanol–water partition coefficient (Wildman–Crippen LogP) is 2.67. The monoisotopic (exact) mass is 279 g/mol. The van der Waals surface area contributed by atoms with Gasteiger partial charge in [-0.05, 0) is 23.6 Å². The van der Waals surface area contributed by atoms with Crippen molar-refractivity contribution < 1.29 is 9.53 Å². The number of rotatable bonds is 3. The first-order valence-corrected chi connectivity index (χ1v) is 7.12. The highest BCUT2D eigenvalue weighted by molar-refractivity contribution is 6.24. The summed E-state index contributed by atoms with van der Waals surface area (Å²) in [4.78, 5) is 14.1. The summed E-state index contributed by atoms with van der Waals surface area (Å²) in [5.41, 5.74) is 1.12. The van der Waals surface area contributed by atoms with Crippen LogP contribution in [0.3, 0.4) is 0 Å². The van der Waals surface area contributed by atoms with Crippen LogP contribution < -0.4 is 4.74 Å². The van der Waals surface area contributed by atoms with E-state index in [1.54, 1.807) is 7.11 Å². The Morgan fingerprint density at radius 1 is 1.37 bits per heavy atom. The number of hydrogen-bond donors (Lipinski definition) is 0. The van der Waals surface area contributed by atoms with Gasteiger partial charge in [-0.3, -0.25) is 4.79 Å². The molecule has 2 fully saturated rings. The number of nitrogens with zero attached hydrogens (tertiary/aromatic N) is 1. The van der Waals surface area contributed by atoms with Crippen molar-refractivity contribution in [3.05, 3.63) is 29.8 Å². The third kappa shape index (κ3) is 2.20. The number of likely N-dealkylation sites (tertiary alicyclic amines) is 1. The molecule has 19 heavy (non-hydrogen) atoms. The van der Waals surface area contributed by atoms with Crippen molar-refractivity contribution in [2.45, 2.75) is 31.3 Å². The van der Waals surface area contributed by atoms with Crippen molar-refractivity contribution in [1.29, 1.82) is 0 Å². The minimum absolute atomic E-state index is 0.139. The number of hydrogen-bond acceptors (Lipinski definition) is 2. The van der Waals surface area contributed by atoms with Crippen LogP contribution in [0.4, 0.5) is 0 Å². The Morgan fingerprint density at radius 3 is 2.68 bits per heavy atom. The van der Waals surface area contributed by atoms with Gasteiger partial charge in [-0.15, -0.1) is 11.6 Å². The van der Waals surface area contributed by atoms with Gasteiger partial charge >= 0.3 is 0 Å². The molecule has 1 aromatic carbocycles. The normalized spacial score (nSPS) is 33.0. The topological polar surface area (TPSA) is 29.5 Å². The lowest BCUT2D eigenvalue weighted by molar-refractivity contribution is -0.135. The van der Waals surface area contributed by atoms with Gasteiger partial charge < -0.3 is 9.64 Å². The molecule has 0 unspecified atom stereocenters. The Kier molecular flexibility index (Phi) is 3.17. The largest absolute Gasteiger partial charge is 0.497 e. The maximum Gasteiger partial charge on any atom is 0.223 e. The molecule has 1 saturated heterocycles. The minimum atomic E-state index is 0.139. The highest BCUT2D eigenvalue weighted by Crippen LogP contribution is 2.51. The molecule has 1 saturated carbocycles. The maximum atomic E-state index is 12.2. The molecule has 3 rings (SSSR count). The Hall–Kier alpha value is -1.22. The third-order valence-corrected chi connectivity index (χ3v) is 4.84. The molecule has 1 amide bonds. The molecular weight excluding hydrogens is 262 g/mol. The second-order valence-electron chi connectivity index (χ2n) is 5.56. The van der Waals surface area contributed by atoms with Gasteiger partial charge in [0.25, 0.3) is 0 Å². The molecule has 0 radical (unpaired) electrons. The highest BCUT2D eigenvalue weighted by atomic mass is 35.5. The molecule has 1 aliphatic carbocycles. The molecule has 3 nitrogen and oxygen atoms in total. The molecule has 0 aromatic heterocycles. The van der Waals surface area contributed by atoms with E-state index in [0.29, 0.717) is 24.8 Å². The fourth-order valence-electron chi connectivity index (χ4n) is 3.13. The molecule has 4 atom stereocenters.